The molecule has 2 atom stereocenters. The average Bonchev–Trinajstić information content (AvgIpc) is 3.96. The summed E-state index contributed by atoms with van der Waals surface area (Å²) in [4.78, 5) is 5.20. The Morgan fingerprint density at radius 1 is 0.526 bits per heavy atom. The van der Waals surface area contributed by atoms with Crippen LogP contribution in [0.5, 0.6) is 0 Å². The van der Waals surface area contributed by atoms with Crippen molar-refractivity contribution in [3.05, 3.63) is 199 Å². The molecule has 0 saturated heterocycles. The summed E-state index contributed by atoms with van der Waals surface area (Å²) in [6.45, 7) is 0. The standard InChI is InChI=1S/C51H34N4OS/c1-3-13-31(14-4-1)49-52-50(32-15-5-2-6-16-32)54-51(53-49)34-26-28-39-38-27-25-33(29-45(38)57-46(39)30-34)35-19-12-24-44-47(35)40-20-11-23-43(48(40)56-44)55-41-21-9-7-17-36(41)37-18-8-10-22-42(37)55/h1-30,49,51,53H,(H,52,54). The van der Waals surface area contributed by atoms with Crippen LogP contribution in [0.3, 0.4) is 0 Å². The normalized spacial score (nSPS) is 15.9. The number of benzene rings is 8. The number of fused-ring (bicyclic) bond motifs is 9. The Hall–Kier alpha value is -6.99. The predicted octanol–water partition coefficient (Wildman–Crippen LogP) is 13.1. The first-order valence-electron chi connectivity index (χ1n) is 19.4. The number of rotatable bonds is 5. The van der Waals surface area contributed by atoms with Gasteiger partial charge in [-0.2, -0.15) is 0 Å². The highest BCUT2D eigenvalue weighted by atomic mass is 32.1. The van der Waals surface area contributed by atoms with Gasteiger partial charge in [-0.25, -0.2) is 4.99 Å². The Bertz CT molecular complexity index is 3320. The van der Waals surface area contributed by atoms with Crippen molar-refractivity contribution >= 4 is 81.1 Å². The quantitative estimate of drug-likeness (QED) is 0.184. The number of thiophene rings is 1. The Labute approximate surface area is 332 Å². The maximum Gasteiger partial charge on any atom is 0.159 e. The molecular weight excluding hydrogens is 717 g/mol. The van der Waals surface area contributed by atoms with E-state index >= 15 is 0 Å². The van der Waals surface area contributed by atoms with Crippen molar-refractivity contribution in [3.8, 4) is 16.8 Å². The summed E-state index contributed by atoms with van der Waals surface area (Å²) in [5.41, 5.74) is 10.9. The van der Waals surface area contributed by atoms with Crippen molar-refractivity contribution in [2.45, 2.75) is 12.3 Å². The SMILES string of the molecule is c1ccc(C2=NC(c3ccc4c(c3)sc3cc(-c5cccc6oc7c(-n8c9ccccc9c9ccccc98)cccc7c56)ccc34)NC(c3ccccc3)N2)cc1. The molecule has 0 saturated carbocycles. The van der Waals surface area contributed by atoms with Crippen LogP contribution in [0, 0.1) is 0 Å². The van der Waals surface area contributed by atoms with Crippen molar-refractivity contribution in [2.75, 3.05) is 0 Å². The van der Waals surface area contributed by atoms with Crippen molar-refractivity contribution < 1.29 is 4.42 Å². The average molecular weight is 751 g/mol. The second-order valence-electron chi connectivity index (χ2n) is 14.8. The molecule has 0 spiro atoms. The van der Waals surface area contributed by atoms with Crippen LogP contribution in [-0.2, 0) is 0 Å². The number of hydrogen-bond donors (Lipinski definition) is 2. The molecule has 0 bridgehead atoms. The van der Waals surface area contributed by atoms with E-state index in [0.29, 0.717) is 0 Å². The number of furan rings is 1. The van der Waals surface area contributed by atoms with Crippen LogP contribution in [-0.4, -0.2) is 10.4 Å². The Morgan fingerprint density at radius 3 is 1.98 bits per heavy atom. The Balaban J connectivity index is 0.960. The lowest BCUT2D eigenvalue weighted by Crippen LogP contribution is -2.44. The van der Waals surface area contributed by atoms with Gasteiger partial charge in [0.2, 0.25) is 0 Å². The molecule has 0 amide bonds. The van der Waals surface area contributed by atoms with Gasteiger partial charge in [-0.05, 0) is 58.7 Å². The van der Waals surface area contributed by atoms with E-state index in [4.69, 9.17) is 9.41 Å². The summed E-state index contributed by atoms with van der Waals surface area (Å²) in [5, 5.41) is 14.6. The second kappa shape index (κ2) is 12.8. The number of nitrogens with one attached hydrogen (secondary N) is 2. The number of aliphatic imine (C=N–C) groups is 1. The second-order valence-corrected chi connectivity index (χ2v) is 15.9. The minimum absolute atomic E-state index is 0.0793. The van der Waals surface area contributed by atoms with Crippen molar-refractivity contribution in [3.63, 3.8) is 0 Å². The van der Waals surface area contributed by atoms with Gasteiger partial charge >= 0.3 is 0 Å². The topological polar surface area (TPSA) is 54.5 Å². The number of hydrogen-bond acceptors (Lipinski definition) is 5. The third-order valence-corrected chi connectivity index (χ3v) is 12.6. The van der Waals surface area contributed by atoms with E-state index in [1.807, 2.05) is 17.4 Å². The molecule has 1 aliphatic rings. The molecule has 0 fully saturated rings. The fourth-order valence-electron chi connectivity index (χ4n) is 8.85. The molecule has 3 aromatic heterocycles. The summed E-state index contributed by atoms with van der Waals surface area (Å²) >= 11 is 1.84. The van der Waals surface area contributed by atoms with Gasteiger partial charge in [0, 0.05) is 47.3 Å². The van der Waals surface area contributed by atoms with Gasteiger partial charge in [-0.15, -0.1) is 11.3 Å². The molecule has 5 nitrogen and oxygen atoms in total. The van der Waals surface area contributed by atoms with Crippen molar-refractivity contribution in [1.82, 2.24) is 15.2 Å². The number of nitrogens with zero attached hydrogens (tertiary/aromatic N) is 2. The molecule has 8 aromatic carbocycles. The number of aromatic nitrogens is 1. The van der Waals surface area contributed by atoms with Crippen LogP contribution in [0.25, 0.3) is 80.7 Å². The van der Waals surface area contributed by atoms with Crippen LogP contribution >= 0.6 is 11.3 Å². The summed E-state index contributed by atoms with van der Waals surface area (Å²) in [7, 11) is 0. The van der Waals surface area contributed by atoms with Crippen molar-refractivity contribution in [1.29, 1.82) is 0 Å². The molecule has 4 heterocycles. The lowest BCUT2D eigenvalue weighted by Gasteiger charge is -2.32. The van der Waals surface area contributed by atoms with E-state index < -0.39 is 0 Å². The van der Waals surface area contributed by atoms with E-state index in [2.05, 4.69) is 191 Å². The molecular formula is C51H34N4OS. The first-order chi connectivity index (χ1) is 28.2. The van der Waals surface area contributed by atoms with Crippen LogP contribution in [0.2, 0.25) is 0 Å². The first kappa shape index (κ1) is 32.3. The van der Waals surface area contributed by atoms with Crippen LogP contribution in [0.4, 0.5) is 0 Å². The van der Waals surface area contributed by atoms with E-state index in [1.54, 1.807) is 0 Å². The smallest absolute Gasteiger partial charge is 0.159 e. The minimum atomic E-state index is -0.212. The maximum absolute atomic E-state index is 6.81. The molecule has 11 aromatic rings. The zero-order chi connectivity index (χ0) is 37.5. The number of para-hydroxylation sites is 3. The maximum atomic E-state index is 6.81. The summed E-state index contributed by atoms with van der Waals surface area (Å²) < 4.78 is 11.7. The van der Waals surface area contributed by atoms with Crippen LogP contribution in [0.1, 0.15) is 29.0 Å². The molecule has 6 heteroatoms. The highest BCUT2D eigenvalue weighted by Crippen LogP contribution is 2.43. The van der Waals surface area contributed by atoms with Gasteiger partial charge in [-0.3, -0.25) is 5.32 Å². The zero-order valence-electron chi connectivity index (χ0n) is 30.7. The lowest BCUT2D eigenvalue weighted by molar-refractivity contribution is 0.409. The van der Waals surface area contributed by atoms with E-state index in [9.17, 15) is 0 Å². The van der Waals surface area contributed by atoms with Gasteiger partial charge < -0.3 is 14.3 Å². The van der Waals surface area contributed by atoms with Gasteiger partial charge in [-0.1, -0.05) is 146 Å². The first-order valence-corrected chi connectivity index (χ1v) is 20.2. The van der Waals surface area contributed by atoms with Gasteiger partial charge in [0.05, 0.1) is 16.7 Å². The Kier molecular flexibility index (Phi) is 7.24. The minimum Gasteiger partial charge on any atom is -0.454 e. The molecule has 57 heavy (non-hydrogen) atoms. The summed E-state index contributed by atoms with van der Waals surface area (Å²) in [5.74, 6) is 0.886. The third kappa shape index (κ3) is 5.15. The van der Waals surface area contributed by atoms with Crippen LogP contribution in [0.15, 0.2) is 191 Å². The van der Waals surface area contributed by atoms with E-state index in [-0.39, 0.29) is 12.3 Å². The molecule has 0 radical (unpaired) electrons. The summed E-state index contributed by atoms with van der Waals surface area (Å²) in [6.07, 6.45) is -0.291. The predicted molar refractivity (Wildman–Crippen MR) is 238 cm³/mol. The molecule has 270 valence electrons. The molecule has 2 unspecified atom stereocenters. The lowest BCUT2D eigenvalue weighted by atomic mass is 9.98. The fourth-order valence-corrected chi connectivity index (χ4v) is 10.0. The Morgan fingerprint density at radius 2 is 1.19 bits per heavy atom. The highest BCUT2D eigenvalue weighted by Gasteiger charge is 2.26. The highest BCUT2D eigenvalue weighted by molar-refractivity contribution is 7.25. The third-order valence-electron chi connectivity index (χ3n) is 11.5. The van der Waals surface area contributed by atoms with E-state index in [1.165, 1.54) is 58.7 Å². The molecule has 12 rings (SSSR count). The fraction of sp³-hybridized carbons (Fsp3) is 0.0392. The zero-order valence-corrected chi connectivity index (χ0v) is 31.5. The van der Waals surface area contributed by atoms with Crippen LogP contribution < -0.4 is 10.6 Å². The molecule has 0 aliphatic carbocycles. The van der Waals surface area contributed by atoms with Crippen molar-refractivity contribution in [2.24, 2.45) is 4.99 Å². The largest absolute Gasteiger partial charge is 0.454 e. The van der Waals surface area contributed by atoms with Gasteiger partial charge in [0.25, 0.3) is 0 Å². The molecule has 1 aliphatic heterocycles. The number of amidine groups is 1. The van der Waals surface area contributed by atoms with E-state index in [0.717, 1.165) is 44.6 Å². The van der Waals surface area contributed by atoms with Gasteiger partial charge in [0.15, 0.2) is 5.58 Å². The monoisotopic (exact) mass is 750 g/mol. The van der Waals surface area contributed by atoms with Gasteiger partial charge in [0.1, 0.15) is 23.8 Å². The summed E-state index contributed by atoms with van der Waals surface area (Å²) in [6, 6.07) is 64.9. The molecule has 2 N–H and O–H groups in total.